The zero-order valence-electron chi connectivity index (χ0n) is 15.4. The van der Waals surface area contributed by atoms with Crippen LogP contribution in [-0.4, -0.2) is 18.8 Å². The molecule has 4 nitrogen and oxygen atoms in total. The predicted molar refractivity (Wildman–Crippen MR) is 106 cm³/mol. The molecule has 154 valence electrons. The molecule has 0 fully saturated rings. The highest BCUT2D eigenvalue weighted by Crippen LogP contribution is 2.40. The van der Waals surface area contributed by atoms with E-state index in [2.05, 4.69) is 5.18 Å². The fourth-order valence-corrected chi connectivity index (χ4v) is 3.28. The Hall–Kier alpha value is -2.38. The maximum atomic E-state index is 13.7. The summed E-state index contributed by atoms with van der Waals surface area (Å²) in [6.07, 6.45) is -4.02. The Kier molecular flexibility index (Phi) is 7.43. The summed E-state index contributed by atoms with van der Waals surface area (Å²) in [5.74, 6) is -2.72. The topological polar surface area (TPSA) is 55.7 Å². The van der Waals surface area contributed by atoms with Gasteiger partial charge in [-0.1, -0.05) is 29.3 Å². The highest BCUT2D eigenvalue weighted by Gasteiger charge is 2.40. The molecule has 0 N–H and O–H groups in total. The zero-order valence-corrected chi connectivity index (χ0v) is 16.9. The number of alkyl halides is 3. The summed E-state index contributed by atoms with van der Waals surface area (Å²) in [6, 6.07) is 7.67. The van der Waals surface area contributed by atoms with Gasteiger partial charge in [-0.25, -0.2) is 4.79 Å². The van der Waals surface area contributed by atoms with Gasteiger partial charge in [0.15, 0.2) is 0 Å². The summed E-state index contributed by atoms with van der Waals surface area (Å²) in [7, 11) is 0. The maximum Gasteiger partial charge on any atom is 0.399 e. The number of carbonyl (C=O) groups excluding carboxylic acids is 1. The monoisotopic (exact) mass is 445 g/mol. The predicted octanol–water partition coefficient (Wildman–Crippen LogP) is 6.93. The second kappa shape index (κ2) is 9.41. The van der Waals surface area contributed by atoms with E-state index in [1.807, 2.05) is 0 Å². The van der Waals surface area contributed by atoms with Gasteiger partial charge in [-0.05, 0) is 66.6 Å². The van der Waals surface area contributed by atoms with Crippen LogP contribution < -0.4 is 0 Å². The van der Waals surface area contributed by atoms with E-state index in [0.29, 0.717) is 11.6 Å². The van der Waals surface area contributed by atoms with E-state index in [1.54, 1.807) is 13.8 Å². The third kappa shape index (κ3) is 5.81. The number of esters is 1. The second-order valence-electron chi connectivity index (χ2n) is 6.12. The van der Waals surface area contributed by atoms with Crippen LogP contribution in [0, 0.1) is 11.8 Å². The minimum absolute atomic E-state index is 0.0328. The molecule has 0 aliphatic heterocycles. The van der Waals surface area contributed by atoms with E-state index in [-0.39, 0.29) is 33.3 Å². The molecule has 2 rings (SSSR count). The van der Waals surface area contributed by atoms with E-state index < -0.39 is 23.8 Å². The van der Waals surface area contributed by atoms with Crippen LogP contribution in [0.1, 0.15) is 39.9 Å². The summed E-state index contributed by atoms with van der Waals surface area (Å²) in [5, 5.41) is 2.83. The number of aryl methyl sites for hydroxylation is 1. The highest BCUT2D eigenvalue weighted by atomic mass is 35.5. The summed E-state index contributed by atoms with van der Waals surface area (Å²) < 4.78 is 46.0. The lowest BCUT2D eigenvalue weighted by Gasteiger charge is -2.18. The van der Waals surface area contributed by atoms with Gasteiger partial charge in [0, 0.05) is 15.6 Å². The third-order valence-corrected chi connectivity index (χ3v) is 4.47. The Bertz CT molecular complexity index is 938. The molecule has 0 aromatic heterocycles. The van der Waals surface area contributed by atoms with Crippen molar-refractivity contribution in [1.29, 1.82) is 0 Å². The molecule has 1 unspecified atom stereocenters. The number of ether oxygens (including phenoxy) is 1. The number of nitrogens with zero attached hydrogens (tertiary/aromatic N) is 1. The summed E-state index contributed by atoms with van der Waals surface area (Å²) >= 11 is 11.6. The fourth-order valence-electron chi connectivity index (χ4n) is 2.73. The van der Waals surface area contributed by atoms with Gasteiger partial charge >= 0.3 is 12.1 Å². The molecule has 0 aliphatic carbocycles. The molecule has 2 aromatic carbocycles. The van der Waals surface area contributed by atoms with Crippen molar-refractivity contribution in [2.24, 2.45) is 5.18 Å². The lowest BCUT2D eigenvalue weighted by atomic mass is 9.95. The van der Waals surface area contributed by atoms with Gasteiger partial charge in [-0.2, -0.15) is 13.2 Å². The highest BCUT2D eigenvalue weighted by molar-refractivity contribution is 6.34. The second-order valence-corrected chi connectivity index (χ2v) is 6.99. The molecular weight excluding hydrogens is 430 g/mol. The van der Waals surface area contributed by atoms with Gasteiger partial charge in [0.2, 0.25) is 0 Å². The van der Waals surface area contributed by atoms with Gasteiger partial charge in [-0.15, -0.1) is 4.91 Å². The third-order valence-electron chi connectivity index (χ3n) is 4.04. The van der Waals surface area contributed by atoms with E-state index in [9.17, 15) is 22.9 Å². The van der Waals surface area contributed by atoms with Crippen molar-refractivity contribution < 1.29 is 22.7 Å². The number of hydrogen-bond acceptors (Lipinski definition) is 4. The minimum atomic E-state index is -4.72. The number of nitroso groups, excluding NO2 is 1. The molecule has 0 saturated carbocycles. The normalized spacial score (nSPS) is 13.1. The molecule has 1 atom stereocenters. The number of halogens is 5. The van der Waals surface area contributed by atoms with Crippen molar-refractivity contribution in [3.05, 3.63) is 79.7 Å². The standard InChI is InChI=1S/C20H16Cl2F3NO3/c1-3-29-19(27)16-5-4-12(6-11(16)2)18(26-28)10-17(20(23,24)25)13-7-14(21)9-15(22)8-13/h4-10,17H,3H2,1-2H3/b18-10-. The number of allylic oxidation sites excluding steroid dienone is 1. The van der Waals surface area contributed by atoms with Gasteiger partial charge in [0.25, 0.3) is 0 Å². The Balaban J connectivity index is 2.53. The SMILES string of the molecule is CCOC(=O)c1ccc(/C(=C/C(c2cc(Cl)cc(Cl)c2)C(F)(F)F)N=O)cc1C. The Morgan fingerprint density at radius 2 is 1.79 bits per heavy atom. The van der Waals surface area contributed by atoms with Crippen LogP contribution in [0.15, 0.2) is 47.7 Å². The molecular formula is C20H16Cl2F3NO3. The first kappa shape index (κ1) is 22.9. The fraction of sp³-hybridized carbons (Fsp3) is 0.250. The van der Waals surface area contributed by atoms with E-state index in [1.165, 1.54) is 24.3 Å². The first-order valence-electron chi connectivity index (χ1n) is 8.42. The molecule has 0 bridgehead atoms. The van der Waals surface area contributed by atoms with Crippen molar-refractivity contribution in [1.82, 2.24) is 0 Å². The van der Waals surface area contributed by atoms with Crippen molar-refractivity contribution in [2.75, 3.05) is 6.61 Å². The van der Waals surface area contributed by atoms with Crippen LogP contribution in [0.3, 0.4) is 0 Å². The summed E-state index contributed by atoms with van der Waals surface area (Å²) in [6.45, 7) is 3.41. The van der Waals surface area contributed by atoms with E-state index in [0.717, 1.165) is 12.1 Å². The molecule has 0 saturated heterocycles. The zero-order chi connectivity index (χ0) is 21.8. The lowest BCUT2D eigenvalue weighted by molar-refractivity contribution is -0.139. The number of benzene rings is 2. The first-order chi connectivity index (χ1) is 13.6. The number of hydrogen-bond donors (Lipinski definition) is 0. The first-order valence-corrected chi connectivity index (χ1v) is 9.18. The maximum absolute atomic E-state index is 13.7. The molecule has 2 aromatic rings. The van der Waals surface area contributed by atoms with Crippen LogP contribution >= 0.6 is 23.2 Å². The van der Waals surface area contributed by atoms with Crippen LogP contribution in [-0.2, 0) is 4.74 Å². The van der Waals surface area contributed by atoms with Gasteiger partial charge in [0.1, 0.15) is 11.6 Å². The molecule has 9 heteroatoms. The van der Waals surface area contributed by atoms with Gasteiger partial charge < -0.3 is 4.74 Å². The summed E-state index contributed by atoms with van der Waals surface area (Å²) in [5.41, 5.74) is 0.158. The lowest BCUT2D eigenvalue weighted by Crippen LogP contribution is -2.19. The number of rotatable bonds is 6. The van der Waals surface area contributed by atoms with Crippen molar-refractivity contribution >= 4 is 34.9 Å². The minimum Gasteiger partial charge on any atom is -0.462 e. The smallest absolute Gasteiger partial charge is 0.399 e. The average molecular weight is 446 g/mol. The molecule has 0 aliphatic rings. The average Bonchev–Trinajstić information content (AvgIpc) is 2.60. The van der Waals surface area contributed by atoms with Crippen LogP contribution in [0.25, 0.3) is 5.70 Å². The summed E-state index contributed by atoms with van der Waals surface area (Å²) in [4.78, 5) is 23.2. The van der Waals surface area contributed by atoms with Gasteiger partial charge in [-0.3, -0.25) is 0 Å². The molecule has 0 spiro atoms. The molecule has 29 heavy (non-hydrogen) atoms. The Morgan fingerprint density at radius 3 is 2.28 bits per heavy atom. The van der Waals surface area contributed by atoms with Crippen molar-refractivity contribution in [3.8, 4) is 0 Å². The van der Waals surface area contributed by atoms with E-state index in [4.69, 9.17) is 27.9 Å². The molecule has 0 heterocycles. The van der Waals surface area contributed by atoms with Crippen molar-refractivity contribution in [2.45, 2.75) is 25.9 Å². The molecule has 0 radical (unpaired) electrons. The Morgan fingerprint density at radius 1 is 1.17 bits per heavy atom. The molecule has 0 amide bonds. The van der Waals surface area contributed by atoms with Crippen LogP contribution in [0.2, 0.25) is 10.0 Å². The number of carbonyl (C=O) groups is 1. The van der Waals surface area contributed by atoms with Crippen molar-refractivity contribution in [3.63, 3.8) is 0 Å². The largest absolute Gasteiger partial charge is 0.462 e. The quantitative estimate of drug-likeness (QED) is 0.357. The van der Waals surface area contributed by atoms with E-state index >= 15 is 0 Å². The van der Waals surface area contributed by atoms with Gasteiger partial charge in [0.05, 0.1) is 12.2 Å². The Labute approximate surface area is 175 Å². The van der Waals surface area contributed by atoms with Crippen LogP contribution in [0.5, 0.6) is 0 Å². The van der Waals surface area contributed by atoms with Crippen LogP contribution in [0.4, 0.5) is 13.2 Å².